The Morgan fingerprint density at radius 1 is 1.28 bits per heavy atom. The van der Waals surface area contributed by atoms with Crippen LogP contribution in [0, 0.1) is 6.92 Å². The maximum Gasteiger partial charge on any atom is 0.243 e. The molecule has 0 atom stereocenters. The summed E-state index contributed by atoms with van der Waals surface area (Å²) in [5, 5.41) is 0. The van der Waals surface area contributed by atoms with Crippen molar-refractivity contribution in [3.8, 4) is 5.75 Å². The predicted octanol–water partition coefficient (Wildman–Crippen LogP) is 1.02. The second kappa shape index (κ2) is 5.26. The van der Waals surface area contributed by atoms with Crippen molar-refractivity contribution in [3.63, 3.8) is 0 Å². The van der Waals surface area contributed by atoms with Crippen LogP contribution in [0.2, 0.25) is 0 Å². The molecule has 0 aromatic heterocycles. The largest absolute Gasteiger partial charge is 0.496 e. The van der Waals surface area contributed by atoms with Crippen LogP contribution in [0.15, 0.2) is 23.1 Å². The molecule has 1 aliphatic rings. The van der Waals surface area contributed by atoms with Crippen LogP contribution in [0.3, 0.4) is 0 Å². The van der Waals surface area contributed by atoms with Crippen LogP contribution in [0.5, 0.6) is 5.75 Å². The summed E-state index contributed by atoms with van der Waals surface area (Å²) < 4.78 is 36.5. The van der Waals surface area contributed by atoms with Gasteiger partial charge >= 0.3 is 0 Å². The molecule has 5 nitrogen and oxygen atoms in total. The zero-order chi connectivity index (χ0) is 13.2. The van der Waals surface area contributed by atoms with E-state index in [0.29, 0.717) is 36.9 Å². The Bertz CT molecular complexity index is 521. The number of benzene rings is 1. The number of hydrogen-bond donors (Lipinski definition) is 0. The molecule has 1 heterocycles. The molecule has 100 valence electrons. The van der Waals surface area contributed by atoms with Crippen LogP contribution < -0.4 is 4.74 Å². The summed E-state index contributed by atoms with van der Waals surface area (Å²) in [6, 6.07) is 4.91. The molecule has 0 amide bonds. The SMILES string of the molecule is COc1ccc(S(=O)(=O)N2CCOCC2)cc1C. The number of nitrogens with zero attached hydrogens (tertiary/aromatic N) is 1. The average Bonchev–Trinajstić information content (AvgIpc) is 2.39. The molecule has 6 heteroatoms. The molecule has 0 radical (unpaired) electrons. The Kier molecular flexibility index (Phi) is 3.89. The van der Waals surface area contributed by atoms with Gasteiger partial charge in [0, 0.05) is 13.1 Å². The lowest BCUT2D eigenvalue weighted by atomic mass is 10.2. The first-order valence-electron chi connectivity index (χ1n) is 5.78. The summed E-state index contributed by atoms with van der Waals surface area (Å²) in [5.41, 5.74) is 0.812. The predicted molar refractivity (Wildman–Crippen MR) is 67.3 cm³/mol. The van der Waals surface area contributed by atoms with E-state index >= 15 is 0 Å². The van der Waals surface area contributed by atoms with Gasteiger partial charge in [0.25, 0.3) is 0 Å². The standard InChI is InChI=1S/C12H17NO4S/c1-10-9-11(3-4-12(10)16-2)18(14,15)13-5-7-17-8-6-13/h3-4,9H,5-8H2,1-2H3. The van der Waals surface area contributed by atoms with Gasteiger partial charge in [-0.1, -0.05) is 0 Å². The minimum Gasteiger partial charge on any atom is -0.496 e. The number of hydrogen-bond acceptors (Lipinski definition) is 4. The Balaban J connectivity index is 2.32. The van der Waals surface area contributed by atoms with Gasteiger partial charge in [0.15, 0.2) is 0 Å². The maximum atomic E-state index is 12.4. The van der Waals surface area contributed by atoms with Crippen molar-refractivity contribution in [2.45, 2.75) is 11.8 Å². The molecule has 0 unspecified atom stereocenters. The van der Waals surface area contributed by atoms with Crippen molar-refractivity contribution >= 4 is 10.0 Å². The summed E-state index contributed by atoms with van der Waals surface area (Å²) in [6.45, 7) is 3.56. The van der Waals surface area contributed by atoms with Crippen molar-refractivity contribution in [1.29, 1.82) is 0 Å². The number of rotatable bonds is 3. The summed E-state index contributed by atoms with van der Waals surface area (Å²) in [6.07, 6.45) is 0. The van der Waals surface area contributed by atoms with Gasteiger partial charge in [-0.2, -0.15) is 4.31 Å². The zero-order valence-electron chi connectivity index (χ0n) is 10.5. The topological polar surface area (TPSA) is 55.8 Å². The summed E-state index contributed by atoms with van der Waals surface area (Å²) in [4.78, 5) is 0.308. The molecule has 0 spiro atoms. The number of morpholine rings is 1. The van der Waals surface area contributed by atoms with Crippen LogP contribution in [-0.2, 0) is 14.8 Å². The van der Waals surface area contributed by atoms with E-state index in [1.54, 1.807) is 25.3 Å². The van der Waals surface area contributed by atoms with Gasteiger partial charge in [0.1, 0.15) is 5.75 Å². The van der Waals surface area contributed by atoms with Gasteiger partial charge in [0.05, 0.1) is 25.2 Å². The van der Waals surface area contributed by atoms with E-state index in [1.165, 1.54) is 4.31 Å². The highest BCUT2D eigenvalue weighted by Gasteiger charge is 2.26. The molecule has 1 fully saturated rings. The van der Waals surface area contributed by atoms with Gasteiger partial charge in [-0.05, 0) is 30.7 Å². The monoisotopic (exact) mass is 271 g/mol. The number of aryl methyl sites for hydroxylation is 1. The first-order valence-corrected chi connectivity index (χ1v) is 7.22. The van der Waals surface area contributed by atoms with Crippen LogP contribution in [0.1, 0.15) is 5.56 Å². The van der Waals surface area contributed by atoms with E-state index in [9.17, 15) is 8.42 Å². The summed E-state index contributed by atoms with van der Waals surface area (Å²) in [5.74, 6) is 0.691. The Morgan fingerprint density at radius 2 is 1.94 bits per heavy atom. The van der Waals surface area contributed by atoms with Gasteiger partial charge in [-0.25, -0.2) is 8.42 Å². The third kappa shape index (κ3) is 2.50. The molecule has 18 heavy (non-hydrogen) atoms. The van der Waals surface area contributed by atoms with Crippen molar-refractivity contribution in [3.05, 3.63) is 23.8 Å². The molecule has 1 aromatic rings. The lowest BCUT2D eigenvalue weighted by Gasteiger charge is -2.26. The van der Waals surface area contributed by atoms with E-state index in [1.807, 2.05) is 6.92 Å². The molecular formula is C12H17NO4S. The molecule has 1 saturated heterocycles. The quantitative estimate of drug-likeness (QED) is 0.824. The second-order valence-electron chi connectivity index (χ2n) is 4.15. The molecule has 1 aromatic carbocycles. The molecule has 1 aliphatic heterocycles. The number of sulfonamides is 1. The van der Waals surface area contributed by atoms with Crippen molar-refractivity contribution in [2.75, 3.05) is 33.4 Å². The van der Waals surface area contributed by atoms with Gasteiger partial charge in [-0.3, -0.25) is 0 Å². The Morgan fingerprint density at radius 3 is 2.50 bits per heavy atom. The number of methoxy groups -OCH3 is 1. The number of ether oxygens (including phenoxy) is 2. The first kappa shape index (κ1) is 13.3. The third-order valence-corrected chi connectivity index (χ3v) is 4.87. The van der Waals surface area contributed by atoms with Crippen LogP contribution in [0.4, 0.5) is 0 Å². The molecule has 0 N–H and O–H groups in total. The highest BCUT2D eigenvalue weighted by Crippen LogP contribution is 2.24. The van der Waals surface area contributed by atoms with E-state index in [4.69, 9.17) is 9.47 Å². The molecule has 0 saturated carbocycles. The smallest absolute Gasteiger partial charge is 0.243 e. The minimum absolute atomic E-state index is 0.308. The first-order chi connectivity index (χ1) is 8.55. The molecule has 0 bridgehead atoms. The molecule has 2 rings (SSSR count). The van der Waals surface area contributed by atoms with Crippen molar-refractivity contribution < 1.29 is 17.9 Å². The van der Waals surface area contributed by atoms with Crippen LogP contribution in [-0.4, -0.2) is 46.1 Å². The fourth-order valence-electron chi connectivity index (χ4n) is 1.95. The third-order valence-electron chi connectivity index (χ3n) is 2.97. The lowest BCUT2D eigenvalue weighted by molar-refractivity contribution is 0.0730. The van der Waals surface area contributed by atoms with Gasteiger partial charge < -0.3 is 9.47 Å². The van der Waals surface area contributed by atoms with Crippen LogP contribution in [0.25, 0.3) is 0 Å². The van der Waals surface area contributed by atoms with Gasteiger partial charge in [-0.15, -0.1) is 0 Å². The highest BCUT2D eigenvalue weighted by atomic mass is 32.2. The Labute approximate surface area is 107 Å². The highest BCUT2D eigenvalue weighted by molar-refractivity contribution is 7.89. The maximum absolute atomic E-state index is 12.4. The van der Waals surface area contributed by atoms with E-state index in [2.05, 4.69) is 0 Å². The fourth-order valence-corrected chi connectivity index (χ4v) is 3.44. The van der Waals surface area contributed by atoms with Gasteiger partial charge in [0.2, 0.25) is 10.0 Å². The van der Waals surface area contributed by atoms with E-state index < -0.39 is 10.0 Å². The van der Waals surface area contributed by atoms with Crippen molar-refractivity contribution in [2.24, 2.45) is 0 Å². The fraction of sp³-hybridized carbons (Fsp3) is 0.500. The molecule has 0 aliphatic carbocycles. The Hall–Kier alpha value is -1.11. The lowest BCUT2D eigenvalue weighted by Crippen LogP contribution is -2.40. The average molecular weight is 271 g/mol. The zero-order valence-corrected chi connectivity index (χ0v) is 11.4. The summed E-state index contributed by atoms with van der Waals surface area (Å²) in [7, 11) is -1.84. The molecular weight excluding hydrogens is 254 g/mol. The van der Waals surface area contributed by atoms with E-state index in [-0.39, 0.29) is 0 Å². The summed E-state index contributed by atoms with van der Waals surface area (Å²) >= 11 is 0. The van der Waals surface area contributed by atoms with E-state index in [0.717, 1.165) is 5.56 Å². The normalized spacial score (nSPS) is 17.7. The second-order valence-corrected chi connectivity index (χ2v) is 6.09. The van der Waals surface area contributed by atoms with Crippen LogP contribution >= 0.6 is 0 Å². The van der Waals surface area contributed by atoms with Crippen molar-refractivity contribution in [1.82, 2.24) is 4.31 Å². The minimum atomic E-state index is -3.41.